The van der Waals surface area contributed by atoms with Crippen LogP contribution in [0.1, 0.15) is 55.0 Å². The molecule has 4 N–H and O–H groups in total. The number of aromatic nitrogens is 4. The second-order valence-electron chi connectivity index (χ2n) is 6.97. The SMILES string of the molecule is NC(COP(O)O)c1nnc(-c2ccc(-c3noc(C4CCCCC4)n3)cc2)s1. The first-order valence-electron chi connectivity index (χ1n) is 9.44. The molecule has 9 nitrogen and oxygen atoms in total. The van der Waals surface area contributed by atoms with Crippen LogP contribution in [0.4, 0.5) is 0 Å². The molecule has 0 spiro atoms. The van der Waals surface area contributed by atoms with Gasteiger partial charge < -0.3 is 24.6 Å². The van der Waals surface area contributed by atoms with E-state index >= 15 is 0 Å². The van der Waals surface area contributed by atoms with Gasteiger partial charge in [-0.2, -0.15) is 4.98 Å². The third-order valence-corrected chi connectivity index (χ3v) is 6.40. The Bertz CT molecular complexity index is 926. The van der Waals surface area contributed by atoms with Gasteiger partial charge in [-0.25, -0.2) is 0 Å². The highest BCUT2D eigenvalue weighted by Gasteiger charge is 2.22. The van der Waals surface area contributed by atoms with Crippen molar-refractivity contribution in [3.8, 4) is 22.0 Å². The van der Waals surface area contributed by atoms with E-state index < -0.39 is 14.6 Å². The monoisotopic (exact) mass is 435 g/mol. The standard InChI is InChI=1S/C18H22N5O4PS/c19-14(10-26-28(24)25)18-22-21-17(29-18)13-8-6-11(7-9-13)15-20-16(27-23-15)12-4-2-1-3-5-12/h6-9,12,14,24-25H,1-5,10,19H2. The van der Waals surface area contributed by atoms with Gasteiger partial charge in [-0.3, -0.25) is 0 Å². The van der Waals surface area contributed by atoms with E-state index in [0.29, 0.717) is 21.8 Å². The Balaban J connectivity index is 1.44. The normalized spacial score (nSPS) is 16.4. The van der Waals surface area contributed by atoms with Gasteiger partial charge in [0.2, 0.25) is 11.7 Å². The van der Waals surface area contributed by atoms with Crippen molar-refractivity contribution < 1.29 is 18.8 Å². The molecule has 1 fully saturated rings. The Morgan fingerprint density at radius 2 is 1.86 bits per heavy atom. The van der Waals surface area contributed by atoms with Gasteiger partial charge in [-0.15, -0.1) is 10.2 Å². The molecule has 29 heavy (non-hydrogen) atoms. The molecule has 4 rings (SSSR count). The number of rotatable bonds is 7. The number of nitrogens with zero attached hydrogens (tertiary/aromatic N) is 4. The fourth-order valence-corrected chi connectivity index (χ4v) is 4.48. The summed E-state index contributed by atoms with van der Waals surface area (Å²) >= 11 is 1.34. The van der Waals surface area contributed by atoms with Crippen LogP contribution < -0.4 is 5.73 Å². The maximum Gasteiger partial charge on any atom is 0.327 e. The molecule has 3 aromatic rings. The summed E-state index contributed by atoms with van der Waals surface area (Å²) in [6.45, 7) is -0.0343. The number of nitrogens with two attached hydrogens (primary N) is 1. The van der Waals surface area contributed by atoms with Crippen molar-refractivity contribution in [1.29, 1.82) is 0 Å². The van der Waals surface area contributed by atoms with Gasteiger partial charge in [-0.05, 0) is 12.8 Å². The molecule has 0 amide bonds. The zero-order chi connectivity index (χ0) is 20.2. The van der Waals surface area contributed by atoms with E-state index in [1.807, 2.05) is 24.3 Å². The average molecular weight is 435 g/mol. The Labute approximate surface area is 172 Å². The second-order valence-corrected chi connectivity index (χ2v) is 8.74. The van der Waals surface area contributed by atoms with Gasteiger partial charge in [-0.1, -0.05) is 60.0 Å². The Kier molecular flexibility index (Phi) is 6.59. The summed E-state index contributed by atoms with van der Waals surface area (Å²) in [4.78, 5) is 22.2. The van der Waals surface area contributed by atoms with Gasteiger partial charge in [0.05, 0.1) is 12.6 Å². The minimum atomic E-state index is -2.43. The van der Waals surface area contributed by atoms with Crippen LogP contribution in [0, 0.1) is 0 Å². The van der Waals surface area contributed by atoms with E-state index in [-0.39, 0.29) is 6.61 Å². The minimum Gasteiger partial charge on any atom is -0.339 e. The molecule has 154 valence electrons. The smallest absolute Gasteiger partial charge is 0.327 e. The lowest BCUT2D eigenvalue weighted by molar-refractivity contribution is 0.238. The van der Waals surface area contributed by atoms with Crippen LogP contribution in [-0.2, 0) is 4.52 Å². The van der Waals surface area contributed by atoms with E-state index in [4.69, 9.17) is 24.6 Å². The lowest BCUT2D eigenvalue weighted by atomic mass is 9.89. The zero-order valence-corrected chi connectivity index (χ0v) is 17.4. The summed E-state index contributed by atoms with van der Waals surface area (Å²) in [7, 11) is -2.43. The summed E-state index contributed by atoms with van der Waals surface area (Å²) in [6, 6.07) is 7.15. The predicted octanol–water partition coefficient (Wildman–Crippen LogP) is 3.53. The Morgan fingerprint density at radius 1 is 1.14 bits per heavy atom. The summed E-state index contributed by atoms with van der Waals surface area (Å²) < 4.78 is 10.3. The number of hydrogen-bond acceptors (Lipinski definition) is 10. The quantitative estimate of drug-likeness (QED) is 0.475. The summed E-state index contributed by atoms with van der Waals surface area (Å²) in [5.74, 6) is 1.72. The highest BCUT2D eigenvalue weighted by atomic mass is 32.1. The van der Waals surface area contributed by atoms with Crippen LogP contribution in [-0.4, -0.2) is 36.7 Å². The highest BCUT2D eigenvalue weighted by molar-refractivity contribution is 7.39. The predicted molar refractivity (Wildman–Crippen MR) is 109 cm³/mol. The first-order chi connectivity index (χ1) is 14.1. The third-order valence-electron chi connectivity index (χ3n) is 4.91. The van der Waals surface area contributed by atoms with Gasteiger partial charge in [0, 0.05) is 17.0 Å². The average Bonchev–Trinajstić information content (AvgIpc) is 3.43. The van der Waals surface area contributed by atoms with Crippen LogP contribution in [0.5, 0.6) is 0 Å². The molecule has 1 aliphatic rings. The molecule has 1 saturated carbocycles. The van der Waals surface area contributed by atoms with Crippen LogP contribution in [0.2, 0.25) is 0 Å². The molecule has 0 bridgehead atoms. The van der Waals surface area contributed by atoms with E-state index in [2.05, 4.69) is 20.3 Å². The minimum absolute atomic E-state index is 0.0343. The fourth-order valence-electron chi connectivity index (χ4n) is 3.35. The maximum atomic E-state index is 8.82. The van der Waals surface area contributed by atoms with E-state index in [9.17, 15) is 0 Å². The molecule has 11 heteroatoms. The molecule has 2 aromatic heterocycles. The third kappa shape index (κ3) is 5.03. The number of benzene rings is 1. The van der Waals surface area contributed by atoms with Crippen molar-refractivity contribution >= 4 is 19.9 Å². The fraction of sp³-hybridized carbons (Fsp3) is 0.444. The van der Waals surface area contributed by atoms with E-state index in [0.717, 1.165) is 29.9 Å². The van der Waals surface area contributed by atoms with Crippen LogP contribution in [0.3, 0.4) is 0 Å². The molecule has 1 atom stereocenters. The molecule has 1 aromatic carbocycles. The zero-order valence-electron chi connectivity index (χ0n) is 15.6. The summed E-state index contributed by atoms with van der Waals surface area (Å²) in [6.07, 6.45) is 5.96. The van der Waals surface area contributed by atoms with Crippen molar-refractivity contribution in [1.82, 2.24) is 20.3 Å². The van der Waals surface area contributed by atoms with Crippen molar-refractivity contribution in [2.75, 3.05) is 6.61 Å². The van der Waals surface area contributed by atoms with Crippen LogP contribution in [0.15, 0.2) is 28.8 Å². The topological polar surface area (TPSA) is 140 Å². The summed E-state index contributed by atoms with van der Waals surface area (Å²) in [5, 5.41) is 13.7. The lowest BCUT2D eigenvalue weighted by Crippen LogP contribution is -2.15. The first-order valence-corrected chi connectivity index (χ1v) is 11.4. The van der Waals surface area contributed by atoms with Gasteiger partial charge >= 0.3 is 8.60 Å². The van der Waals surface area contributed by atoms with Crippen molar-refractivity contribution in [2.24, 2.45) is 5.73 Å². The van der Waals surface area contributed by atoms with E-state index in [1.54, 1.807) is 0 Å². The van der Waals surface area contributed by atoms with Crippen LogP contribution in [0.25, 0.3) is 22.0 Å². The molecular formula is C18H22N5O4PS. The molecule has 0 saturated heterocycles. The largest absolute Gasteiger partial charge is 0.339 e. The Morgan fingerprint density at radius 3 is 2.59 bits per heavy atom. The number of hydrogen-bond donors (Lipinski definition) is 3. The molecule has 1 aliphatic carbocycles. The highest BCUT2D eigenvalue weighted by Crippen LogP contribution is 2.33. The van der Waals surface area contributed by atoms with Crippen molar-refractivity contribution in [3.63, 3.8) is 0 Å². The molecular weight excluding hydrogens is 413 g/mol. The molecule has 0 radical (unpaired) electrons. The maximum absolute atomic E-state index is 8.82. The Hall–Kier alpha value is -1.81. The molecule has 0 aliphatic heterocycles. The van der Waals surface area contributed by atoms with Crippen molar-refractivity contribution in [2.45, 2.75) is 44.1 Å². The summed E-state index contributed by atoms with van der Waals surface area (Å²) in [5.41, 5.74) is 7.72. The van der Waals surface area contributed by atoms with Crippen LogP contribution >= 0.6 is 19.9 Å². The van der Waals surface area contributed by atoms with E-state index in [1.165, 1.54) is 30.6 Å². The lowest BCUT2D eigenvalue weighted by Gasteiger charge is -2.17. The second kappa shape index (κ2) is 9.34. The molecule has 2 heterocycles. The first kappa shape index (κ1) is 20.5. The van der Waals surface area contributed by atoms with Gasteiger partial charge in [0.15, 0.2) is 0 Å². The van der Waals surface area contributed by atoms with Gasteiger partial charge in [0.1, 0.15) is 10.0 Å². The molecule has 1 unspecified atom stereocenters. The van der Waals surface area contributed by atoms with Gasteiger partial charge in [0.25, 0.3) is 0 Å². The van der Waals surface area contributed by atoms with Crippen molar-refractivity contribution in [3.05, 3.63) is 35.2 Å².